The van der Waals surface area contributed by atoms with Crippen molar-refractivity contribution in [3.8, 4) is 89.0 Å². The maximum absolute atomic E-state index is 7.46. The Balaban J connectivity index is 0.635. The summed E-state index contributed by atoms with van der Waals surface area (Å²) in [6.45, 7) is 0. The van der Waals surface area contributed by atoms with Gasteiger partial charge in [0.15, 0.2) is 0 Å². The lowest BCUT2D eigenvalue weighted by atomic mass is 9.70. The van der Waals surface area contributed by atoms with E-state index in [-0.39, 0.29) is 0 Å². The molecule has 2 aliphatic rings. The second-order valence-electron chi connectivity index (χ2n) is 32.4. The molecule has 2 heterocycles. The van der Waals surface area contributed by atoms with Gasteiger partial charge in [-0.2, -0.15) is 0 Å². The summed E-state index contributed by atoms with van der Waals surface area (Å²) in [4.78, 5) is 4.90. The average Bonchev–Trinajstić information content (AvgIpc) is 1.50. The summed E-state index contributed by atoms with van der Waals surface area (Å²) in [5.74, 6) is 0. The van der Waals surface area contributed by atoms with Gasteiger partial charge in [0.2, 0.25) is 0 Å². The van der Waals surface area contributed by atoms with Crippen molar-refractivity contribution < 1.29 is 8.83 Å². The van der Waals surface area contributed by atoms with Gasteiger partial charge in [0.25, 0.3) is 0 Å². The third kappa shape index (κ3) is 10.7. The van der Waals surface area contributed by atoms with Crippen molar-refractivity contribution in [2.45, 2.75) is 5.41 Å². The molecule has 1 atom stereocenters. The van der Waals surface area contributed by atoms with Gasteiger partial charge in [-0.3, -0.25) is 0 Å². The second kappa shape index (κ2) is 27.1. The molecule has 2 aliphatic carbocycles. The molecule has 1 unspecified atom stereocenters. The topological polar surface area (TPSA) is 32.8 Å². The van der Waals surface area contributed by atoms with Crippen LogP contribution in [-0.4, -0.2) is 0 Å². The fourth-order valence-electron chi connectivity index (χ4n) is 20.5. The molecule has 21 aromatic carbocycles. The number of nitrogens with zero attached hydrogens (tertiary/aromatic N) is 2. The van der Waals surface area contributed by atoms with Crippen LogP contribution in [0.25, 0.3) is 187 Å². The molecule has 25 rings (SSSR count). The van der Waals surface area contributed by atoms with Gasteiger partial charge in [0.1, 0.15) is 22.3 Å². The van der Waals surface area contributed by atoms with Crippen molar-refractivity contribution in [1.82, 2.24) is 0 Å². The molecule has 0 amide bonds. The third-order valence-corrected chi connectivity index (χ3v) is 26.0. The van der Waals surface area contributed by atoms with Crippen LogP contribution >= 0.6 is 0 Å². The van der Waals surface area contributed by atoms with Gasteiger partial charge < -0.3 is 18.6 Å². The van der Waals surface area contributed by atoms with Gasteiger partial charge in [-0.25, -0.2) is 0 Å². The Morgan fingerprint density at radius 1 is 0.174 bits per heavy atom. The van der Waals surface area contributed by atoms with Crippen molar-refractivity contribution in [2.24, 2.45) is 0 Å². The molecule has 0 N–H and O–H groups in total. The van der Waals surface area contributed by atoms with Gasteiger partial charge in [0, 0.05) is 61.1 Å². The molecule has 23 aromatic rings. The first-order valence-electron chi connectivity index (χ1n) is 41.7. The molecule has 0 saturated carbocycles. The van der Waals surface area contributed by atoms with Gasteiger partial charge in [-0.05, 0) is 269 Å². The maximum atomic E-state index is 7.46. The number of anilines is 6. The van der Waals surface area contributed by atoms with Gasteiger partial charge in [-0.15, -0.1) is 0 Å². The Bertz CT molecular complexity index is 8170. The van der Waals surface area contributed by atoms with E-state index in [1.54, 1.807) is 0 Å². The van der Waals surface area contributed by atoms with E-state index < -0.39 is 5.41 Å². The highest BCUT2D eigenvalue weighted by atomic mass is 16.3. The van der Waals surface area contributed by atoms with E-state index in [1.807, 2.05) is 0 Å². The fraction of sp³-hybridized carbons (Fsp3) is 0.00855. The SMILES string of the molecule is c1ccc(-c2ccc(N(c3ccc(-c4ccc5c(oc6ccccc65)c4-c4ccc5ccccc5c4)cc3)c3ccc4c(c3)C3(c5ccccc5-c5cc(-c6ccc7oc8c(-c9ccc%10ccccc%10c9)c(N(c9ccc(-c%10ccccc%10)cc9)c9ccc%10c%11ccccc%11c%11ccccc%11c%10c9)ccc8c7c6)ccc53)c3ccccc3-4)cc2)cc1. The molecule has 121 heavy (non-hydrogen) atoms. The zero-order valence-corrected chi connectivity index (χ0v) is 65.8. The predicted molar refractivity (Wildman–Crippen MR) is 507 cm³/mol. The van der Waals surface area contributed by atoms with E-state index >= 15 is 0 Å². The van der Waals surface area contributed by atoms with Crippen LogP contribution in [0.1, 0.15) is 22.3 Å². The molecular formula is C117H72N2O2. The standard InChI is InChI=1S/C117H72N2O2/c1-3-21-73(22-4-1)77-43-51-86(52-44-77)118(87-55-47-79(48-56-87)91-61-62-101-100-35-17-20-38-111(100)120-115(101)113(91)84-41-39-75-25-7-9-27-80(75)67-84)90-58-60-99-97-33-15-18-36-106(97)117(109(99)72-90)107-37-19-16-34-98(107)104-69-82(49-64-108(104)117)83-50-66-112-105(70-83)102-63-65-110(114(116(102)121-112)85-42-40-76-26-8-10-28-81(76)68-85)119(88-53-45-78(46-54-88)74-23-5-2-6-24-74)89-57-59-96-94-31-12-11-29-92(94)93-30-13-14-32-95(93)103(96)71-89/h1-72H. The minimum absolute atomic E-state index is 0.651. The van der Waals surface area contributed by atoms with E-state index in [2.05, 4.69) is 447 Å². The van der Waals surface area contributed by atoms with Crippen molar-refractivity contribution in [2.75, 3.05) is 9.80 Å². The summed E-state index contributed by atoms with van der Waals surface area (Å²) in [7, 11) is 0. The molecule has 0 aliphatic heterocycles. The summed E-state index contributed by atoms with van der Waals surface area (Å²) in [5, 5.41) is 16.4. The average molecular weight is 1540 g/mol. The molecule has 0 bridgehead atoms. The van der Waals surface area contributed by atoms with Crippen molar-refractivity contribution >= 4 is 132 Å². The van der Waals surface area contributed by atoms with E-state index in [9.17, 15) is 0 Å². The highest BCUT2D eigenvalue weighted by Gasteiger charge is 2.52. The van der Waals surface area contributed by atoms with Crippen LogP contribution in [0.4, 0.5) is 34.1 Å². The molecule has 4 nitrogen and oxygen atoms in total. The largest absolute Gasteiger partial charge is 0.455 e. The van der Waals surface area contributed by atoms with Crippen LogP contribution in [-0.2, 0) is 5.41 Å². The van der Waals surface area contributed by atoms with Crippen molar-refractivity contribution in [1.29, 1.82) is 0 Å². The van der Waals surface area contributed by atoms with Crippen LogP contribution in [0.2, 0.25) is 0 Å². The van der Waals surface area contributed by atoms with E-state index in [4.69, 9.17) is 8.83 Å². The number of rotatable bonds is 12. The van der Waals surface area contributed by atoms with E-state index in [0.717, 1.165) is 139 Å². The predicted octanol–water partition coefficient (Wildman–Crippen LogP) is 32.5. The number of furan rings is 2. The van der Waals surface area contributed by atoms with Gasteiger partial charge >= 0.3 is 0 Å². The van der Waals surface area contributed by atoms with E-state index in [0.29, 0.717) is 0 Å². The Morgan fingerprint density at radius 3 is 1.21 bits per heavy atom. The Kier molecular flexibility index (Phi) is 15.3. The maximum Gasteiger partial charge on any atom is 0.145 e. The van der Waals surface area contributed by atoms with Gasteiger partial charge in [0.05, 0.1) is 11.1 Å². The lowest BCUT2D eigenvalue weighted by molar-refractivity contribution is 0.669. The molecule has 1 spiro atoms. The molecular weight excluding hydrogens is 1470 g/mol. The number of hydrogen-bond acceptors (Lipinski definition) is 4. The summed E-state index contributed by atoms with van der Waals surface area (Å²) in [6, 6.07) is 162. The summed E-state index contributed by atoms with van der Waals surface area (Å²) in [6.07, 6.45) is 0. The molecule has 0 fully saturated rings. The van der Waals surface area contributed by atoms with Crippen LogP contribution in [0.5, 0.6) is 0 Å². The minimum Gasteiger partial charge on any atom is -0.455 e. The van der Waals surface area contributed by atoms with Crippen molar-refractivity contribution in [3.63, 3.8) is 0 Å². The highest BCUT2D eigenvalue weighted by molar-refractivity contribution is 6.26. The Morgan fingerprint density at radius 2 is 0.570 bits per heavy atom. The first-order valence-corrected chi connectivity index (χ1v) is 41.7. The highest BCUT2D eigenvalue weighted by Crippen LogP contribution is 2.64. The normalized spacial score (nSPS) is 13.3. The fourth-order valence-corrected chi connectivity index (χ4v) is 20.5. The number of para-hydroxylation sites is 1. The van der Waals surface area contributed by atoms with E-state index in [1.165, 1.54) is 104 Å². The molecule has 0 saturated heterocycles. The summed E-state index contributed by atoms with van der Waals surface area (Å²) >= 11 is 0. The zero-order valence-electron chi connectivity index (χ0n) is 65.8. The lowest BCUT2D eigenvalue weighted by Gasteiger charge is -2.32. The molecule has 4 heteroatoms. The van der Waals surface area contributed by atoms with Crippen LogP contribution in [0.15, 0.2) is 446 Å². The number of benzene rings is 21. The zero-order chi connectivity index (χ0) is 79.4. The van der Waals surface area contributed by atoms with Gasteiger partial charge in [-0.1, -0.05) is 322 Å². The number of hydrogen-bond donors (Lipinski definition) is 0. The second-order valence-corrected chi connectivity index (χ2v) is 32.4. The quantitative estimate of drug-likeness (QED) is 0.114. The first kappa shape index (κ1) is 68.4. The molecule has 562 valence electrons. The smallest absolute Gasteiger partial charge is 0.145 e. The number of fused-ring (bicyclic) bond motifs is 24. The summed E-state index contributed by atoms with van der Waals surface area (Å²) in [5.41, 5.74) is 32.4. The Hall–Kier alpha value is -15.9. The van der Waals surface area contributed by atoms with Crippen molar-refractivity contribution in [3.05, 3.63) is 459 Å². The minimum atomic E-state index is -0.651. The van der Waals surface area contributed by atoms with Crippen LogP contribution in [0, 0.1) is 0 Å². The molecule has 2 aromatic heterocycles. The van der Waals surface area contributed by atoms with Crippen LogP contribution < -0.4 is 9.80 Å². The Labute approximate surface area is 699 Å². The lowest BCUT2D eigenvalue weighted by Crippen LogP contribution is -2.26. The first-order chi connectivity index (χ1) is 60.0. The monoisotopic (exact) mass is 1540 g/mol. The summed E-state index contributed by atoms with van der Waals surface area (Å²) < 4.78 is 14.4. The van der Waals surface area contributed by atoms with Crippen LogP contribution in [0.3, 0.4) is 0 Å². The molecule has 0 radical (unpaired) electrons. The third-order valence-electron chi connectivity index (χ3n) is 26.0.